The van der Waals surface area contributed by atoms with Gasteiger partial charge in [-0.2, -0.15) is 0 Å². The molecule has 118 valence electrons. The fraction of sp³-hybridized carbons (Fsp3) is 0.667. The van der Waals surface area contributed by atoms with Crippen molar-refractivity contribution in [3.05, 3.63) is 12.0 Å². The topological polar surface area (TPSA) is 105 Å². The molecule has 0 saturated carbocycles. The summed E-state index contributed by atoms with van der Waals surface area (Å²) in [6, 6.07) is 0.146. The number of rotatable bonds is 6. The SMILES string of the molecule is Cc1nc(S(=O)(=O)NCCC(=O)NC2CCNC2)cn1C. The molecule has 1 aromatic rings. The average molecular weight is 315 g/mol. The van der Waals surface area contributed by atoms with Gasteiger partial charge in [-0.05, 0) is 19.9 Å². The van der Waals surface area contributed by atoms with Crippen molar-refractivity contribution >= 4 is 15.9 Å². The lowest BCUT2D eigenvalue weighted by atomic mass is 10.2. The highest BCUT2D eigenvalue weighted by atomic mass is 32.2. The predicted octanol–water partition coefficient (Wildman–Crippen LogP) is -1.12. The molecular formula is C12H21N5O3S. The molecule has 1 amide bonds. The third kappa shape index (κ3) is 4.26. The first kappa shape index (κ1) is 15.9. The lowest BCUT2D eigenvalue weighted by molar-refractivity contribution is -0.121. The molecule has 0 radical (unpaired) electrons. The van der Waals surface area contributed by atoms with Gasteiger partial charge in [-0.15, -0.1) is 0 Å². The molecule has 0 aromatic carbocycles. The molecule has 0 aliphatic carbocycles. The summed E-state index contributed by atoms with van der Waals surface area (Å²) in [5.41, 5.74) is 0. The Morgan fingerprint density at radius 2 is 2.33 bits per heavy atom. The van der Waals surface area contributed by atoms with Gasteiger partial charge in [-0.3, -0.25) is 4.79 Å². The van der Waals surface area contributed by atoms with E-state index < -0.39 is 10.0 Å². The Balaban J connectivity index is 1.80. The number of aryl methyl sites for hydroxylation is 2. The highest BCUT2D eigenvalue weighted by Crippen LogP contribution is 2.07. The number of amides is 1. The number of aromatic nitrogens is 2. The molecule has 1 atom stereocenters. The van der Waals surface area contributed by atoms with E-state index in [4.69, 9.17) is 0 Å². The van der Waals surface area contributed by atoms with Crippen LogP contribution in [0.3, 0.4) is 0 Å². The highest BCUT2D eigenvalue weighted by Gasteiger charge is 2.20. The van der Waals surface area contributed by atoms with Gasteiger partial charge in [-0.25, -0.2) is 18.1 Å². The van der Waals surface area contributed by atoms with Crippen LogP contribution in [-0.4, -0.2) is 49.6 Å². The quantitative estimate of drug-likeness (QED) is 0.616. The number of nitrogens with one attached hydrogen (secondary N) is 3. The molecule has 9 heteroatoms. The van der Waals surface area contributed by atoms with Crippen LogP contribution in [0.15, 0.2) is 11.2 Å². The zero-order valence-corrected chi connectivity index (χ0v) is 13.0. The average Bonchev–Trinajstić information content (AvgIpc) is 3.00. The van der Waals surface area contributed by atoms with Gasteiger partial charge in [0, 0.05) is 38.8 Å². The van der Waals surface area contributed by atoms with E-state index in [0.717, 1.165) is 19.5 Å². The first-order valence-electron chi connectivity index (χ1n) is 6.88. The molecule has 1 aromatic heterocycles. The van der Waals surface area contributed by atoms with Crippen LogP contribution in [0, 0.1) is 6.92 Å². The largest absolute Gasteiger partial charge is 0.352 e. The summed E-state index contributed by atoms with van der Waals surface area (Å²) in [6.07, 6.45) is 2.47. The van der Waals surface area contributed by atoms with Crippen LogP contribution in [0.2, 0.25) is 0 Å². The number of hydrogen-bond acceptors (Lipinski definition) is 5. The lowest BCUT2D eigenvalue weighted by Crippen LogP contribution is -2.38. The summed E-state index contributed by atoms with van der Waals surface area (Å²) in [5.74, 6) is 0.463. The molecule has 1 aliphatic heterocycles. The van der Waals surface area contributed by atoms with Crippen LogP contribution >= 0.6 is 0 Å². The molecule has 0 spiro atoms. The molecule has 8 nitrogen and oxygen atoms in total. The standard InChI is InChI=1S/C12H21N5O3S/c1-9-15-12(8-17(9)2)21(19,20)14-6-4-11(18)16-10-3-5-13-7-10/h8,10,13-14H,3-7H2,1-2H3,(H,16,18). The van der Waals surface area contributed by atoms with Crippen molar-refractivity contribution in [2.24, 2.45) is 7.05 Å². The Morgan fingerprint density at radius 1 is 1.57 bits per heavy atom. The highest BCUT2D eigenvalue weighted by molar-refractivity contribution is 7.89. The van der Waals surface area contributed by atoms with Gasteiger partial charge in [0.05, 0.1) is 0 Å². The fourth-order valence-corrected chi connectivity index (χ4v) is 3.17. The minimum absolute atomic E-state index is 0.0251. The maximum Gasteiger partial charge on any atom is 0.259 e. The van der Waals surface area contributed by atoms with E-state index in [-0.39, 0.29) is 29.9 Å². The van der Waals surface area contributed by atoms with Crippen molar-refractivity contribution < 1.29 is 13.2 Å². The first-order chi connectivity index (χ1) is 9.88. The van der Waals surface area contributed by atoms with Crippen molar-refractivity contribution in [1.29, 1.82) is 0 Å². The Bertz CT molecular complexity index is 585. The Morgan fingerprint density at radius 3 is 2.90 bits per heavy atom. The van der Waals surface area contributed by atoms with Gasteiger partial charge in [0.2, 0.25) is 5.91 Å². The molecule has 2 rings (SSSR count). The van der Waals surface area contributed by atoms with Crippen molar-refractivity contribution in [1.82, 2.24) is 24.9 Å². The Kier molecular flexibility index (Phi) is 4.96. The molecule has 0 bridgehead atoms. The van der Waals surface area contributed by atoms with Gasteiger partial charge >= 0.3 is 0 Å². The number of sulfonamides is 1. The minimum Gasteiger partial charge on any atom is -0.352 e. The fourth-order valence-electron chi connectivity index (χ4n) is 2.11. The smallest absolute Gasteiger partial charge is 0.259 e. The molecule has 1 fully saturated rings. The summed E-state index contributed by atoms with van der Waals surface area (Å²) < 4.78 is 28.0. The third-order valence-corrected chi connectivity index (χ3v) is 4.76. The van der Waals surface area contributed by atoms with Gasteiger partial charge in [0.15, 0.2) is 5.03 Å². The second-order valence-corrected chi connectivity index (χ2v) is 6.86. The summed E-state index contributed by atoms with van der Waals surface area (Å²) in [5, 5.41) is 5.99. The number of imidazole rings is 1. The first-order valence-corrected chi connectivity index (χ1v) is 8.36. The van der Waals surface area contributed by atoms with E-state index in [2.05, 4.69) is 20.3 Å². The van der Waals surface area contributed by atoms with E-state index in [0.29, 0.717) is 5.82 Å². The third-order valence-electron chi connectivity index (χ3n) is 3.43. The Hall–Kier alpha value is -1.45. The van der Waals surface area contributed by atoms with Gasteiger partial charge in [0.25, 0.3) is 10.0 Å². The molecule has 1 unspecified atom stereocenters. The van der Waals surface area contributed by atoms with Crippen LogP contribution in [0.25, 0.3) is 0 Å². The number of carbonyl (C=O) groups excluding carboxylic acids is 1. The van der Waals surface area contributed by atoms with Gasteiger partial charge in [0.1, 0.15) is 5.82 Å². The van der Waals surface area contributed by atoms with Crippen LogP contribution in [0.5, 0.6) is 0 Å². The predicted molar refractivity (Wildman–Crippen MR) is 77.2 cm³/mol. The van der Waals surface area contributed by atoms with E-state index in [1.807, 2.05) is 0 Å². The van der Waals surface area contributed by atoms with Crippen molar-refractivity contribution in [2.75, 3.05) is 19.6 Å². The number of carbonyl (C=O) groups is 1. The summed E-state index contributed by atoms with van der Waals surface area (Å²) in [6.45, 7) is 3.45. The van der Waals surface area contributed by atoms with Crippen molar-refractivity contribution in [3.63, 3.8) is 0 Å². The maximum atomic E-state index is 12.0. The van der Waals surface area contributed by atoms with E-state index in [9.17, 15) is 13.2 Å². The van der Waals surface area contributed by atoms with Crippen molar-refractivity contribution in [3.8, 4) is 0 Å². The summed E-state index contributed by atoms with van der Waals surface area (Å²) >= 11 is 0. The summed E-state index contributed by atoms with van der Waals surface area (Å²) in [7, 11) is -1.93. The minimum atomic E-state index is -3.66. The van der Waals surface area contributed by atoms with Crippen LogP contribution in [-0.2, 0) is 21.9 Å². The monoisotopic (exact) mass is 315 g/mol. The van der Waals surface area contributed by atoms with Crippen LogP contribution in [0.4, 0.5) is 0 Å². The van der Waals surface area contributed by atoms with E-state index in [1.165, 1.54) is 6.20 Å². The number of nitrogens with zero attached hydrogens (tertiary/aromatic N) is 2. The number of hydrogen-bond donors (Lipinski definition) is 3. The molecule has 1 aliphatic rings. The molecular weight excluding hydrogens is 294 g/mol. The molecule has 21 heavy (non-hydrogen) atoms. The maximum absolute atomic E-state index is 12.0. The second-order valence-electron chi connectivity index (χ2n) is 5.14. The Labute approximate surface area is 124 Å². The van der Waals surface area contributed by atoms with E-state index >= 15 is 0 Å². The van der Waals surface area contributed by atoms with Gasteiger partial charge in [-0.1, -0.05) is 0 Å². The zero-order chi connectivity index (χ0) is 15.5. The van der Waals surface area contributed by atoms with Gasteiger partial charge < -0.3 is 15.2 Å². The van der Waals surface area contributed by atoms with Crippen LogP contribution < -0.4 is 15.4 Å². The lowest BCUT2D eigenvalue weighted by Gasteiger charge is -2.11. The van der Waals surface area contributed by atoms with Crippen molar-refractivity contribution in [2.45, 2.75) is 30.8 Å². The molecule has 2 heterocycles. The second kappa shape index (κ2) is 6.54. The zero-order valence-electron chi connectivity index (χ0n) is 12.2. The summed E-state index contributed by atoms with van der Waals surface area (Å²) in [4.78, 5) is 15.7. The van der Waals surface area contributed by atoms with E-state index in [1.54, 1.807) is 18.5 Å². The van der Waals surface area contributed by atoms with Crippen LogP contribution in [0.1, 0.15) is 18.7 Å². The molecule has 3 N–H and O–H groups in total. The molecule has 1 saturated heterocycles. The normalized spacial score (nSPS) is 18.9.